The Morgan fingerprint density at radius 3 is 1.54 bits per heavy atom. The maximum absolute atomic E-state index is 14.7. The summed E-state index contributed by atoms with van der Waals surface area (Å²) >= 11 is 0. The van der Waals surface area contributed by atoms with Crippen molar-refractivity contribution in [2.24, 2.45) is 0 Å². The number of pyridine rings is 1. The van der Waals surface area contributed by atoms with Gasteiger partial charge in [0.1, 0.15) is 17.2 Å². The fraction of sp³-hybridized carbons (Fsp3) is 0.645. The maximum atomic E-state index is 14.7. The van der Waals surface area contributed by atoms with Gasteiger partial charge in [0.05, 0.1) is 19.4 Å². The highest BCUT2D eigenvalue weighted by atomic mass is 19.1. The molecule has 0 aliphatic heterocycles. The monoisotopic (exact) mass is 485 g/mol. The van der Waals surface area contributed by atoms with Crippen LogP contribution in [0.2, 0.25) is 0 Å². The minimum Gasteiger partial charge on any atom is -0.494 e. The first-order valence-corrected chi connectivity index (χ1v) is 14.3. The normalized spacial score (nSPS) is 11.1. The average Bonchev–Trinajstić information content (AvgIpc) is 2.87. The summed E-state index contributed by atoms with van der Waals surface area (Å²) in [5, 5.41) is 0. The Kier molecular flexibility index (Phi) is 15.9. The van der Waals surface area contributed by atoms with E-state index in [1.54, 1.807) is 6.20 Å². The molecule has 196 valence electrons. The van der Waals surface area contributed by atoms with Gasteiger partial charge in [-0.3, -0.25) is 0 Å². The van der Waals surface area contributed by atoms with Crippen LogP contribution in [-0.4, -0.2) is 18.2 Å². The van der Waals surface area contributed by atoms with Crippen molar-refractivity contribution >= 4 is 0 Å². The number of nitrogens with zero attached hydrogens (tertiary/aromatic N) is 1. The Bertz CT molecular complexity index is 778. The summed E-state index contributed by atoms with van der Waals surface area (Å²) < 4.78 is 26.2. The number of hydrogen-bond donors (Lipinski definition) is 0. The molecule has 0 amide bonds. The van der Waals surface area contributed by atoms with E-state index >= 15 is 0 Å². The molecule has 0 atom stereocenters. The van der Waals surface area contributed by atoms with Crippen LogP contribution >= 0.6 is 0 Å². The summed E-state index contributed by atoms with van der Waals surface area (Å²) in [6, 6.07) is 8.98. The van der Waals surface area contributed by atoms with Crippen LogP contribution in [-0.2, 0) is 0 Å². The smallest absolute Gasteiger partial charge is 0.153 e. The summed E-state index contributed by atoms with van der Waals surface area (Å²) in [6.45, 7) is 5.83. The van der Waals surface area contributed by atoms with E-state index in [2.05, 4.69) is 18.8 Å². The highest BCUT2D eigenvalue weighted by Gasteiger charge is 2.09. The maximum Gasteiger partial charge on any atom is 0.153 e. The van der Waals surface area contributed by atoms with Crippen molar-refractivity contribution in [3.05, 3.63) is 42.3 Å². The number of aromatic nitrogens is 1. The summed E-state index contributed by atoms with van der Waals surface area (Å²) in [6.07, 6.45) is 21.9. The van der Waals surface area contributed by atoms with E-state index < -0.39 is 0 Å². The second-order valence-corrected chi connectivity index (χ2v) is 9.67. The second kappa shape index (κ2) is 19.1. The summed E-state index contributed by atoms with van der Waals surface area (Å²) in [4.78, 5) is 4.32. The average molecular weight is 486 g/mol. The number of unbranched alkanes of at least 4 members (excludes halogenated alkanes) is 14. The molecule has 1 heterocycles. The zero-order valence-corrected chi connectivity index (χ0v) is 22.3. The van der Waals surface area contributed by atoms with Gasteiger partial charge in [0, 0.05) is 11.6 Å². The van der Waals surface area contributed by atoms with Crippen LogP contribution in [0.25, 0.3) is 11.3 Å². The molecule has 3 nitrogen and oxygen atoms in total. The number of rotatable bonds is 21. The first-order valence-electron chi connectivity index (χ1n) is 14.3. The quantitative estimate of drug-likeness (QED) is 0.165. The Labute approximate surface area is 213 Å². The highest BCUT2D eigenvalue weighted by molar-refractivity contribution is 5.61. The van der Waals surface area contributed by atoms with Crippen LogP contribution < -0.4 is 9.47 Å². The van der Waals surface area contributed by atoms with Gasteiger partial charge in [0.15, 0.2) is 5.82 Å². The van der Waals surface area contributed by atoms with Gasteiger partial charge in [-0.25, -0.2) is 9.37 Å². The second-order valence-electron chi connectivity index (χ2n) is 9.67. The number of ether oxygens (including phenoxy) is 2. The predicted octanol–water partition coefficient (Wildman–Crippen LogP) is 9.93. The van der Waals surface area contributed by atoms with E-state index in [0.29, 0.717) is 18.1 Å². The van der Waals surface area contributed by atoms with Crippen LogP contribution in [0.3, 0.4) is 0 Å². The van der Waals surface area contributed by atoms with Gasteiger partial charge in [0.25, 0.3) is 0 Å². The topological polar surface area (TPSA) is 31.4 Å². The van der Waals surface area contributed by atoms with Crippen LogP contribution in [0, 0.1) is 5.82 Å². The third kappa shape index (κ3) is 13.0. The van der Waals surface area contributed by atoms with Gasteiger partial charge in [-0.05, 0) is 37.1 Å². The molecule has 0 unspecified atom stereocenters. The molecule has 0 fully saturated rings. The number of benzene rings is 1. The highest BCUT2D eigenvalue weighted by Crippen LogP contribution is 2.26. The van der Waals surface area contributed by atoms with Crippen LogP contribution in [0.1, 0.15) is 117 Å². The molecule has 2 rings (SSSR count). The summed E-state index contributed by atoms with van der Waals surface area (Å²) in [7, 11) is 0. The predicted molar refractivity (Wildman–Crippen MR) is 146 cm³/mol. The Hall–Kier alpha value is -2.10. The molecule has 0 radical (unpaired) electrons. The fourth-order valence-corrected chi connectivity index (χ4v) is 4.27. The van der Waals surface area contributed by atoms with Gasteiger partial charge in [0.2, 0.25) is 0 Å². The lowest BCUT2D eigenvalue weighted by atomic mass is 10.1. The van der Waals surface area contributed by atoms with E-state index in [-0.39, 0.29) is 5.82 Å². The standard InChI is InChI=1S/C31H48FNO2/c1-3-5-7-9-11-13-15-17-23-34-28-21-19-27(20-22-28)31-30(32)25-29(26-33-31)35-24-18-16-14-12-10-8-6-4-2/h19-22,25-26H,3-18,23-24H2,1-2H3. The fourth-order valence-electron chi connectivity index (χ4n) is 4.27. The molecule has 0 aliphatic carbocycles. The van der Waals surface area contributed by atoms with Crippen molar-refractivity contribution in [2.45, 2.75) is 117 Å². The zero-order chi connectivity index (χ0) is 25.0. The molecular weight excluding hydrogens is 437 g/mol. The molecule has 0 N–H and O–H groups in total. The first kappa shape index (κ1) is 29.1. The Morgan fingerprint density at radius 2 is 1.06 bits per heavy atom. The molecule has 2 aromatic rings. The third-order valence-corrected chi connectivity index (χ3v) is 6.48. The molecular formula is C31H48FNO2. The minimum atomic E-state index is -0.356. The van der Waals surface area contributed by atoms with E-state index in [4.69, 9.17) is 9.47 Å². The van der Waals surface area contributed by atoms with E-state index in [1.165, 1.54) is 89.5 Å². The van der Waals surface area contributed by atoms with E-state index in [9.17, 15) is 4.39 Å². The van der Waals surface area contributed by atoms with Crippen LogP contribution in [0.4, 0.5) is 4.39 Å². The largest absolute Gasteiger partial charge is 0.494 e. The molecule has 0 saturated carbocycles. The molecule has 0 spiro atoms. The first-order chi connectivity index (χ1) is 17.2. The van der Waals surface area contributed by atoms with Crippen LogP contribution in [0.15, 0.2) is 36.5 Å². The lowest BCUT2D eigenvalue weighted by molar-refractivity contribution is 0.301. The van der Waals surface area contributed by atoms with Gasteiger partial charge in [-0.15, -0.1) is 0 Å². The number of hydrogen-bond acceptors (Lipinski definition) is 3. The Balaban J connectivity index is 1.63. The van der Waals surface area contributed by atoms with Crippen molar-refractivity contribution in [3.8, 4) is 22.8 Å². The number of halogens is 1. The third-order valence-electron chi connectivity index (χ3n) is 6.48. The molecule has 0 saturated heterocycles. The van der Waals surface area contributed by atoms with Gasteiger partial charge >= 0.3 is 0 Å². The summed E-state index contributed by atoms with van der Waals surface area (Å²) in [5.74, 6) is 0.966. The van der Waals surface area contributed by atoms with Crippen molar-refractivity contribution in [1.29, 1.82) is 0 Å². The summed E-state index contributed by atoms with van der Waals surface area (Å²) in [5.41, 5.74) is 1.09. The van der Waals surface area contributed by atoms with Crippen molar-refractivity contribution in [2.75, 3.05) is 13.2 Å². The van der Waals surface area contributed by atoms with Crippen LogP contribution in [0.5, 0.6) is 11.5 Å². The lowest BCUT2D eigenvalue weighted by Crippen LogP contribution is -2.00. The molecule has 1 aromatic carbocycles. The van der Waals surface area contributed by atoms with Crippen molar-refractivity contribution in [3.63, 3.8) is 0 Å². The molecule has 1 aromatic heterocycles. The molecule has 4 heteroatoms. The van der Waals surface area contributed by atoms with Crippen molar-refractivity contribution in [1.82, 2.24) is 4.98 Å². The molecule has 0 aliphatic rings. The molecule has 35 heavy (non-hydrogen) atoms. The lowest BCUT2D eigenvalue weighted by Gasteiger charge is -2.09. The Morgan fingerprint density at radius 1 is 0.600 bits per heavy atom. The van der Waals surface area contributed by atoms with Crippen molar-refractivity contribution < 1.29 is 13.9 Å². The molecule has 0 bridgehead atoms. The van der Waals surface area contributed by atoms with Gasteiger partial charge in [-0.2, -0.15) is 0 Å². The van der Waals surface area contributed by atoms with E-state index in [0.717, 1.165) is 37.2 Å². The minimum absolute atomic E-state index is 0.346. The van der Waals surface area contributed by atoms with E-state index in [1.807, 2.05) is 24.3 Å². The van der Waals surface area contributed by atoms with Gasteiger partial charge in [-0.1, -0.05) is 104 Å². The SMILES string of the molecule is CCCCCCCCCCOc1ccc(-c2ncc(OCCCCCCCCCC)cc2F)cc1. The van der Waals surface area contributed by atoms with Gasteiger partial charge < -0.3 is 9.47 Å². The zero-order valence-electron chi connectivity index (χ0n) is 22.3.